The molecule has 0 amide bonds. The van der Waals surface area contributed by atoms with Crippen LogP contribution in [-0.4, -0.2) is 36.3 Å². The maximum Gasteiger partial charge on any atom is 0.247 e. The van der Waals surface area contributed by atoms with E-state index in [4.69, 9.17) is 10.2 Å². The number of nitrogens with two attached hydrogens (primary N) is 1. The van der Waals surface area contributed by atoms with Crippen LogP contribution in [0.4, 0.5) is 0 Å². The fraction of sp³-hybridized carbons (Fsp3) is 0.636. The molecule has 1 aromatic rings. The van der Waals surface area contributed by atoms with Gasteiger partial charge in [-0.3, -0.25) is 0 Å². The molecule has 1 fully saturated rings. The van der Waals surface area contributed by atoms with Gasteiger partial charge in [-0.1, -0.05) is 6.92 Å². The van der Waals surface area contributed by atoms with E-state index in [1.54, 1.807) is 16.1 Å². The number of sulfonamides is 1. The molecular formula is C11H17BrN2O3S2. The molecule has 0 saturated carbocycles. The van der Waals surface area contributed by atoms with Gasteiger partial charge in [-0.15, -0.1) is 0 Å². The Morgan fingerprint density at radius 3 is 2.84 bits per heavy atom. The number of hydrogen-bond acceptors (Lipinski definition) is 5. The Labute approximate surface area is 126 Å². The van der Waals surface area contributed by atoms with Gasteiger partial charge in [0.25, 0.3) is 0 Å². The predicted octanol–water partition coefficient (Wildman–Crippen LogP) is 2.02. The molecule has 2 heterocycles. The number of hydrogen-bond donors (Lipinski definition) is 1. The Kier molecular flexibility index (Phi) is 4.67. The van der Waals surface area contributed by atoms with E-state index in [9.17, 15) is 8.42 Å². The van der Waals surface area contributed by atoms with E-state index in [1.807, 2.05) is 13.8 Å². The second kappa shape index (κ2) is 5.77. The lowest BCUT2D eigenvalue weighted by Gasteiger charge is -2.36. The van der Waals surface area contributed by atoms with Crippen LogP contribution in [0.25, 0.3) is 0 Å². The van der Waals surface area contributed by atoms with Crippen molar-refractivity contribution in [2.24, 2.45) is 5.73 Å². The molecule has 2 N–H and O–H groups in total. The summed E-state index contributed by atoms with van der Waals surface area (Å²) in [4.78, 5) is 0.166. The van der Waals surface area contributed by atoms with E-state index < -0.39 is 10.0 Å². The first-order chi connectivity index (χ1) is 8.87. The van der Waals surface area contributed by atoms with E-state index >= 15 is 0 Å². The number of halogens is 1. The molecule has 0 bridgehead atoms. The van der Waals surface area contributed by atoms with Crippen LogP contribution in [0.2, 0.25) is 0 Å². The first-order valence-electron chi connectivity index (χ1n) is 5.99. The van der Waals surface area contributed by atoms with Crippen molar-refractivity contribution in [3.8, 4) is 0 Å². The summed E-state index contributed by atoms with van der Waals surface area (Å²) >= 11 is 4.96. The highest BCUT2D eigenvalue weighted by Crippen LogP contribution is 2.33. The van der Waals surface area contributed by atoms with Gasteiger partial charge in [0.15, 0.2) is 4.67 Å². The molecule has 1 aliphatic rings. The van der Waals surface area contributed by atoms with E-state index in [2.05, 4.69) is 15.9 Å². The third kappa shape index (κ3) is 2.87. The summed E-state index contributed by atoms with van der Waals surface area (Å²) in [5, 5.41) is 0.281. The van der Waals surface area contributed by atoms with Crippen LogP contribution in [0.5, 0.6) is 0 Å². The molecule has 2 rings (SSSR count). The summed E-state index contributed by atoms with van der Waals surface area (Å²) in [6, 6.07) is 1.46. The van der Waals surface area contributed by atoms with Crippen molar-refractivity contribution >= 4 is 37.7 Å². The Balaban J connectivity index is 2.38. The molecule has 0 spiro atoms. The average Bonchev–Trinajstić information content (AvgIpc) is 2.74. The first-order valence-corrected chi connectivity index (χ1v) is 9.28. The zero-order chi connectivity index (χ0) is 14.2. The van der Waals surface area contributed by atoms with Crippen LogP contribution in [-0.2, 0) is 16.6 Å². The molecule has 2 atom stereocenters. The molecule has 1 saturated heterocycles. The number of furan rings is 1. The Bertz CT molecular complexity index is 558. The maximum atomic E-state index is 12.7. The number of rotatable bonds is 3. The van der Waals surface area contributed by atoms with E-state index in [-0.39, 0.29) is 27.4 Å². The minimum Gasteiger partial charge on any atom is -0.452 e. The molecule has 19 heavy (non-hydrogen) atoms. The molecule has 0 aromatic carbocycles. The predicted molar refractivity (Wildman–Crippen MR) is 79.6 cm³/mol. The third-order valence-corrected chi connectivity index (χ3v) is 7.50. The smallest absolute Gasteiger partial charge is 0.247 e. The van der Waals surface area contributed by atoms with Crippen molar-refractivity contribution in [3.05, 3.63) is 16.5 Å². The SMILES string of the molecule is CC1SCCN(S(=O)(=O)c2cc(CN)oc2Br)C1C. The van der Waals surface area contributed by atoms with Crippen molar-refractivity contribution in [1.82, 2.24) is 4.31 Å². The normalized spacial score (nSPS) is 25.7. The van der Waals surface area contributed by atoms with Gasteiger partial charge in [-0.2, -0.15) is 16.1 Å². The number of thioether (sulfide) groups is 1. The lowest BCUT2D eigenvalue weighted by molar-refractivity contribution is 0.339. The van der Waals surface area contributed by atoms with Crippen LogP contribution >= 0.6 is 27.7 Å². The molecule has 108 valence electrons. The van der Waals surface area contributed by atoms with Crippen molar-refractivity contribution in [2.75, 3.05) is 12.3 Å². The summed E-state index contributed by atoms with van der Waals surface area (Å²) in [7, 11) is -3.54. The van der Waals surface area contributed by atoms with E-state index in [0.29, 0.717) is 12.3 Å². The van der Waals surface area contributed by atoms with Crippen molar-refractivity contribution in [1.29, 1.82) is 0 Å². The van der Waals surface area contributed by atoms with Crippen LogP contribution < -0.4 is 5.73 Å². The van der Waals surface area contributed by atoms with Gasteiger partial charge in [0, 0.05) is 29.7 Å². The molecule has 0 radical (unpaired) electrons. The first kappa shape index (κ1) is 15.4. The Hall–Kier alpha value is -0.0200. The second-order valence-corrected chi connectivity index (χ2v) is 8.55. The molecule has 0 aliphatic carbocycles. The van der Waals surface area contributed by atoms with Gasteiger partial charge < -0.3 is 10.2 Å². The molecule has 5 nitrogen and oxygen atoms in total. The van der Waals surface area contributed by atoms with Gasteiger partial charge in [0.2, 0.25) is 10.0 Å². The summed E-state index contributed by atoms with van der Waals surface area (Å²) < 4.78 is 32.4. The largest absolute Gasteiger partial charge is 0.452 e. The van der Waals surface area contributed by atoms with Crippen molar-refractivity contribution < 1.29 is 12.8 Å². The lowest BCUT2D eigenvalue weighted by Crippen LogP contribution is -2.47. The third-order valence-electron chi connectivity index (χ3n) is 3.32. The maximum absolute atomic E-state index is 12.7. The second-order valence-electron chi connectivity index (χ2n) is 4.49. The topological polar surface area (TPSA) is 76.5 Å². The molecule has 1 aromatic heterocycles. The Morgan fingerprint density at radius 1 is 1.58 bits per heavy atom. The van der Waals surface area contributed by atoms with E-state index in [1.165, 1.54) is 6.07 Å². The van der Waals surface area contributed by atoms with Crippen LogP contribution in [0.3, 0.4) is 0 Å². The fourth-order valence-electron chi connectivity index (χ4n) is 2.05. The monoisotopic (exact) mass is 368 g/mol. The number of nitrogens with zero attached hydrogens (tertiary/aromatic N) is 1. The lowest BCUT2D eigenvalue weighted by atomic mass is 10.2. The van der Waals surface area contributed by atoms with Gasteiger partial charge in [-0.25, -0.2) is 8.42 Å². The summed E-state index contributed by atoms with van der Waals surface area (Å²) in [5.41, 5.74) is 5.48. The summed E-state index contributed by atoms with van der Waals surface area (Å²) in [5.74, 6) is 1.27. The zero-order valence-electron chi connectivity index (χ0n) is 10.8. The van der Waals surface area contributed by atoms with Crippen LogP contribution in [0, 0.1) is 0 Å². The van der Waals surface area contributed by atoms with Gasteiger partial charge in [0.05, 0.1) is 6.54 Å². The molecular weight excluding hydrogens is 352 g/mol. The van der Waals surface area contributed by atoms with Gasteiger partial charge >= 0.3 is 0 Å². The van der Waals surface area contributed by atoms with Crippen LogP contribution in [0.1, 0.15) is 19.6 Å². The highest BCUT2D eigenvalue weighted by molar-refractivity contribution is 9.10. The molecule has 1 aliphatic heterocycles. The van der Waals surface area contributed by atoms with Crippen molar-refractivity contribution in [3.63, 3.8) is 0 Å². The summed E-state index contributed by atoms with van der Waals surface area (Å²) in [6.07, 6.45) is 0. The zero-order valence-corrected chi connectivity index (χ0v) is 14.0. The summed E-state index contributed by atoms with van der Waals surface area (Å²) in [6.45, 7) is 4.68. The molecule has 2 unspecified atom stereocenters. The average molecular weight is 369 g/mol. The van der Waals surface area contributed by atoms with Crippen LogP contribution in [0.15, 0.2) is 20.0 Å². The highest BCUT2D eigenvalue weighted by atomic mass is 79.9. The molecule has 8 heteroatoms. The fourth-order valence-corrected chi connectivity index (χ4v) is 6.00. The minimum absolute atomic E-state index is 0.0353. The highest BCUT2D eigenvalue weighted by Gasteiger charge is 2.37. The van der Waals surface area contributed by atoms with Gasteiger partial charge in [0.1, 0.15) is 10.7 Å². The van der Waals surface area contributed by atoms with E-state index in [0.717, 1.165) is 5.75 Å². The van der Waals surface area contributed by atoms with Gasteiger partial charge in [-0.05, 0) is 22.9 Å². The minimum atomic E-state index is -3.54. The standard InChI is InChI=1S/C11H17BrN2O3S2/c1-7-8(2)18-4-3-14(7)19(15,16)10-5-9(6-13)17-11(10)12/h5,7-8H,3-4,6,13H2,1-2H3. The quantitative estimate of drug-likeness (QED) is 0.882. The Morgan fingerprint density at radius 2 is 2.26 bits per heavy atom. The van der Waals surface area contributed by atoms with Crippen molar-refractivity contribution in [2.45, 2.75) is 36.6 Å².